The first kappa shape index (κ1) is 13.8. The van der Waals surface area contributed by atoms with E-state index in [-0.39, 0.29) is 12.0 Å². The third-order valence-electron chi connectivity index (χ3n) is 3.00. The second kappa shape index (κ2) is 6.52. The van der Waals surface area contributed by atoms with Gasteiger partial charge in [-0.1, -0.05) is 11.6 Å². The van der Waals surface area contributed by atoms with Crippen LogP contribution >= 0.6 is 22.9 Å². The molecule has 6 heteroatoms. The van der Waals surface area contributed by atoms with Crippen molar-refractivity contribution in [3.8, 4) is 0 Å². The summed E-state index contributed by atoms with van der Waals surface area (Å²) >= 11 is 7.49. The summed E-state index contributed by atoms with van der Waals surface area (Å²) in [5, 5.41) is 2.64. The Kier molecular flexibility index (Phi) is 5.00. The first-order chi connectivity index (χ1) is 8.69. The van der Waals surface area contributed by atoms with Crippen molar-refractivity contribution in [2.45, 2.75) is 12.5 Å². The number of amides is 1. The maximum absolute atomic E-state index is 11.2. The molecular formula is C12H17ClN2O2S. The Bertz CT molecular complexity index is 411. The molecule has 2 rings (SSSR count). The van der Waals surface area contributed by atoms with E-state index in [1.54, 1.807) is 18.4 Å². The number of nitrogens with one attached hydrogen (secondary N) is 1. The standard InChI is InChI=1S/C12H17ClN2O2S/c1-14-12(16)4-5-15-6-7-17-9(8-15)10-2-3-11(13)18-10/h2-3,9H,4-8H2,1H3,(H,14,16)/t9-/m1/s1. The molecule has 1 atom stereocenters. The predicted molar refractivity (Wildman–Crippen MR) is 73.1 cm³/mol. The fraction of sp³-hybridized carbons (Fsp3) is 0.583. The van der Waals surface area contributed by atoms with E-state index < -0.39 is 0 Å². The van der Waals surface area contributed by atoms with Crippen molar-refractivity contribution < 1.29 is 9.53 Å². The Balaban J connectivity index is 1.86. The van der Waals surface area contributed by atoms with E-state index in [4.69, 9.17) is 16.3 Å². The van der Waals surface area contributed by atoms with Crippen molar-refractivity contribution in [3.63, 3.8) is 0 Å². The Labute approximate surface area is 116 Å². The SMILES string of the molecule is CNC(=O)CCN1CCO[C@@H](c2ccc(Cl)s2)C1. The van der Waals surface area contributed by atoms with Gasteiger partial charge >= 0.3 is 0 Å². The maximum Gasteiger partial charge on any atom is 0.221 e. The minimum Gasteiger partial charge on any atom is -0.370 e. The summed E-state index contributed by atoms with van der Waals surface area (Å²) in [6.07, 6.45) is 0.620. The molecule has 0 aliphatic carbocycles. The number of ether oxygens (including phenoxy) is 1. The van der Waals surface area contributed by atoms with E-state index in [1.165, 1.54) is 0 Å². The van der Waals surface area contributed by atoms with Gasteiger partial charge in [0.2, 0.25) is 5.91 Å². The van der Waals surface area contributed by atoms with Crippen molar-refractivity contribution in [2.24, 2.45) is 0 Å². The Morgan fingerprint density at radius 1 is 1.67 bits per heavy atom. The van der Waals surface area contributed by atoms with E-state index in [0.29, 0.717) is 13.0 Å². The quantitative estimate of drug-likeness (QED) is 0.920. The first-order valence-corrected chi connectivity index (χ1v) is 7.18. The molecule has 1 N–H and O–H groups in total. The number of thiophene rings is 1. The average Bonchev–Trinajstić information content (AvgIpc) is 2.83. The molecule has 18 heavy (non-hydrogen) atoms. The number of nitrogens with zero attached hydrogens (tertiary/aromatic N) is 1. The number of halogens is 1. The van der Waals surface area contributed by atoms with Crippen LogP contribution in [0.3, 0.4) is 0 Å². The van der Waals surface area contributed by atoms with Gasteiger partial charge in [0.05, 0.1) is 10.9 Å². The molecule has 0 unspecified atom stereocenters. The van der Waals surface area contributed by atoms with E-state index in [2.05, 4.69) is 10.2 Å². The minimum atomic E-state index is 0.0807. The van der Waals surface area contributed by atoms with Crippen LogP contribution in [0.15, 0.2) is 12.1 Å². The Morgan fingerprint density at radius 2 is 2.50 bits per heavy atom. The molecule has 1 aliphatic rings. The highest BCUT2D eigenvalue weighted by Gasteiger charge is 2.23. The molecule has 0 aromatic carbocycles. The maximum atomic E-state index is 11.2. The first-order valence-electron chi connectivity index (χ1n) is 5.99. The topological polar surface area (TPSA) is 41.6 Å². The lowest BCUT2D eigenvalue weighted by molar-refractivity contribution is -0.121. The highest BCUT2D eigenvalue weighted by molar-refractivity contribution is 7.16. The fourth-order valence-corrected chi connectivity index (χ4v) is 3.07. The lowest BCUT2D eigenvalue weighted by atomic mass is 10.2. The molecule has 2 heterocycles. The highest BCUT2D eigenvalue weighted by Crippen LogP contribution is 2.31. The number of carbonyl (C=O) groups is 1. The van der Waals surface area contributed by atoms with Gasteiger partial charge in [-0.25, -0.2) is 0 Å². The van der Waals surface area contributed by atoms with Gasteiger partial charge < -0.3 is 10.1 Å². The zero-order valence-electron chi connectivity index (χ0n) is 10.3. The number of carbonyl (C=O) groups excluding carboxylic acids is 1. The van der Waals surface area contributed by atoms with Crippen LogP contribution in [0.4, 0.5) is 0 Å². The number of morpholine rings is 1. The lowest BCUT2D eigenvalue weighted by Gasteiger charge is -2.32. The van der Waals surface area contributed by atoms with E-state index in [1.807, 2.05) is 12.1 Å². The largest absolute Gasteiger partial charge is 0.370 e. The van der Waals surface area contributed by atoms with Crippen molar-refractivity contribution in [2.75, 3.05) is 33.3 Å². The number of hydrogen-bond donors (Lipinski definition) is 1. The van der Waals surface area contributed by atoms with Gasteiger partial charge in [0.15, 0.2) is 0 Å². The van der Waals surface area contributed by atoms with Crippen LogP contribution in [0.2, 0.25) is 4.34 Å². The summed E-state index contributed by atoms with van der Waals surface area (Å²) in [5.41, 5.74) is 0. The number of hydrogen-bond acceptors (Lipinski definition) is 4. The lowest BCUT2D eigenvalue weighted by Crippen LogP contribution is -2.39. The molecule has 0 bridgehead atoms. The molecule has 0 spiro atoms. The summed E-state index contributed by atoms with van der Waals surface area (Å²) < 4.78 is 6.54. The van der Waals surface area contributed by atoms with E-state index in [9.17, 15) is 4.79 Å². The van der Waals surface area contributed by atoms with Crippen LogP contribution in [0.5, 0.6) is 0 Å². The summed E-state index contributed by atoms with van der Waals surface area (Å²) in [6, 6.07) is 3.91. The zero-order valence-corrected chi connectivity index (χ0v) is 11.9. The Hall–Kier alpha value is -0.620. The molecule has 1 saturated heterocycles. The predicted octanol–water partition coefficient (Wildman–Crippen LogP) is 1.91. The highest BCUT2D eigenvalue weighted by atomic mass is 35.5. The summed E-state index contributed by atoms with van der Waals surface area (Å²) in [7, 11) is 1.66. The third-order valence-corrected chi connectivity index (χ3v) is 4.32. The molecule has 1 fully saturated rings. The van der Waals surface area contributed by atoms with Gasteiger partial charge in [-0.05, 0) is 12.1 Å². The molecule has 100 valence electrons. The van der Waals surface area contributed by atoms with Crippen molar-refractivity contribution in [1.82, 2.24) is 10.2 Å². The molecule has 1 aromatic heterocycles. The van der Waals surface area contributed by atoms with Crippen LogP contribution in [-0.4, -0.2) is 44.1 Å². The van der Waals surface area contributed by atoms with Crippen LogP contribution in [0, 0.1) is 0 Å². The molecule has 0 radical (unpaired) electrons. The molecule has 1 aromatic rings. The smallest absolute Gasteiger partial charge is 0.221 e. The second-order valence-electron chi connectivity index (χ2n) is 4.23. The van der Waals surface area contributed by atoms with E-state index >= 15 is 0 Å². The zero-order chi connectivity index (χ0) is 13.0. The normalized spacial score (nSPS) is 20.9. The molecule has 1 amide bonds. The third kappa shape index (κ3) is 3.68. The monoisotopic (exact) mass is 288 g/mol. The molecule has 1 aliphatic heterocycles. The van der Waals surface area contributed by atoms with Gasteiger partial charge in [0.25, 0.3) is 0 Å². The fourth-order valence-electron chi connectivity index (χ4n) is 1.96. The average molecular weight is 289 g/mol. The summed E-state index contributed by atoms with van der Waals surface area (Å²) in [4.78, 5) is 14.6. The van der Waals surface area contributed by atoms with Crippen LogP contribution < -0.4 is 5.32 Å². The van der Waals surface area contributed by atoms with Crippen LogP contribution in [0.25, 0.3) is 0 Å². The van der Waals surface area contributed by atoms with E-state index in [0.717, 1.165) is 28.8 Å². The van der Waals surface area contributed by atoms with Crippen molar-refractivity contribution >= 4 is 28.8 Å². The second-order valence-corrected chi connectivity index (χ2v) is 5.97. The van der Waals surface area contributed by atoms with Crippen LogP contribution in [0.1, 0.15) is 17.4 Å². The summed E-state index contributed by atoms with van der Waals surface area (Å²) in [6.45, 7) is 3.19. The molecular weight excluding hydrogens is 272 g/mol. The summed E-state index contributed by atoms with van der Waals surface area (Å²) in [5.74, 6) is 0.0807. The molecule has 4 nitrogen and oxygen atoms in total. The Morgan fingerprint density at radius 3 is 3.17 bits per heavy atom. The van der Waals surface area contributed by atoms with Gasteiger partial charge in [0.1, 0.15) is 6.10 Å². The van der Waals surface area contributed by atoms with Gasteiger partial charge in [-0.15, -0.1) is 11.3 Å². The van der Waals surface area contributed by atoms with Crippen molar-refractivity contribution in [1.29, 1.82) is 0 Å². The minimum absolute atomic E-state index is 0.0807. The van der Waals surface area contributed by atoms with Gasteiger partial charge in [-0.2, -0.15) is 0 Å². The van der Waals surface area contributed by atoms with Crippen molar-refractivity contribution in [3.05, 3.63) is 21.3 Å². The van der Waals surface area contributed by atoms with Gasteiger partial charge in [-0.3, -0.25) is 9.69 Å². The number of rotatable bonds is 4. The molecule has 0 saturated carbocycles. The van der Waals surface area contributed by atoms with Crippen LogP contribution in [-0.2, 0) is 9.53 Å². The van der Waals surface area contributed by atoms with Gasteiger partial charge in [0, 0.05) is 38.0 Å².